The summed E-state index contributed by atoms with van der Waals surface area (Å²) >= 11 is 0. The highest BCUT2D eigenvalue weighted by atomic mass is 32.2. The molecule has 1 aliphatic heterocycles. The van der Waals surface area contributed by atoms with E-state index in [0.29, 0.717) is 24.0 Å². The molecule has 1 aromatic rings. The van der Waals surface area contributed by atoms with Crippen LogP contribution >= 0.6 is 0 Å². The molecule has 1 saturated heterocycles. The molecule has 0 spiro atoms. The highest BCUT2D eigenvalue weighted by molar-refractivity contribution is 7.93. The number of hydrogen-bond donors (Lipinski definition) is 1. The van der Waals surface area contributed by atoms with Crippen molar-refractivity contribution >= 4 is 21.7 Å². The molecule has 0 atom stereocenters. The number of hydrogen-bond acceptors (Lipinski definition) is 3. The fraction of sp³-hybridized carbons (Fsp3) is 0.500. The standard InChI is InChI=1S/C14H18FNO4S/c1-3-5-10-8-11(14(17)18)12(15)13(9(10)2)16-6-4-7-21(16,19)20/h8H,3-7H2,1-2H3,(H,17,18). The minimum atomic E-state index is -3.56. The highest BCUT2D eigenvalue weighted by Crippen LogP contribution is 2.34. The van der Waals surface area contributed by atoms with Gasteiger partial charge in [-0.1, -0.05) is 13.3 Å². The van der Waals surface area contributed by atoms with Crippen LogP contribution in [0.3, 0.4) is 0 Å². The first-order valence-electron chi connectivity index (χ1n) is 6.85. The monoisotopic (exact) mass is 315 g/mol. The van der Waals surface area contributed by atoms with Crippen LogP contribution in [0.25, 0.3) is 0 Å². The zero-order valence-electron chi connectivity index (χ0n) is 12.0. The molecule has 1 aliphatic rings. The first-order chi connectivity index (χ1) is 9.79. The molecule has 0 radical (unpaired) electrons. The van der Waals surface area contributed by atoms with Crippen molar-refractivity contribution < 1.29 is 22.7 Å². The van der Waals surface area contributed by atoms with Crippen LogP contribution in [-0.2, 0) is 16.4 Å². The number of carboxylic acid groups (broad SMARTS) is 1. The molecule has 1 aromatic carbocycles. The largest absolute Gasteiger partial charge is 0.478 e. The predicted molar refractivity (Wildman–Crippen MR) is 77.8 cm³/mol. The van der Waals surface area contributed by atoms with Crippen molar-refractivity contribution in [2.75, 3.05) is 16.6 Å². The summed E-state index contributed by atoms with van der Waals surface area (Å²) in [6, 6.07) is 1.31. The number of rotatable bonds is 4. The van der Waals surface area contributed by atoms with Gasteiger partial charge in [0.25, 0.3) is 0 Å². The smallest absolute Gasteiger partial charge is 0.338 e. The van der Waals surface area contributed by atoms with Gasteiger partial charge in [0.1, 0.15) is 0 Å². The molecule has 5 nitrogen and oxygen atoms in total. The number of halogens is 1. The van der Waals surface area contributed by atoms with Gasteiger partial charge in [0, 0.05) is 6.54 Å². The minimum absolute atomic E-state index is 0.0354. The van der Waals surface area contributed by atoms with Crippen molar-refractivity contribution in [2.24, 2.45) is 0 Å². The van der Waals surface area contributed by atoms with Gasteiger partial charge < -0.3 is 5.11 Å². The topological polar surface area (TPSA) is 74.7 Å². The van der Waals surface area contributed by atoms with E-state index in [-0.39, 0.29) is 18.0 Å². The van der Waals surface area contributed by atoms with E-state index in [4.69, 9.17) is 5.11 Å². The Labute approximate surface area is 123 Å². The quantitative estimate of drug-likeness (QED) is 0.925. The fourth-order valence-electron chi connectivity index (χ4n) is 2.66. The summed E-state index contributed by atoms with van der Waals surface area (Å²) in [6.07, 6.45) is 1.76. The summed E-state index contributed by atoms with van der Waals surface area (Å²) < 4.78 is 39.6. The molecule has 116 valence electrons. The molecule has 0 aliphatic carbocycles. The lowest BCUT2D eigenvalue weighted by atomic mass is 9.98. The van der Waals surface area contributed by atoms with E-state index in [2.05, 4.69) is 0 Å². The average molecular weight is 315 g/mol. The van der Waals surface area contributed by atoms with Gasteiger partial charge >= 0.3 is 5.97 Å². The Balaban J connectivity index is 2.71. The maximum Gasteiger partial charge on any atom is 0.338 e. The predicted octanol–water partition coefficient (Wildman–Crippen LogP) is 2.32. The summed E-state index contributed by atoms with van der Waals surface area (Å²) in [7, 11) is -3.56. The molecule has 1 fully saturated rings. The van der Waals surface area contributed by atoms with Crippen LogP contribution in [0.15, 0.2) is 6.07 Å². The van der Waals surface area contributed by atoms with Crippen molar-refractivity contribution in [1.29, 1.82) is 0 Å². The van der Waals surface area contributed by atoms with Crippen LogP contribution in [0.5, 0.6) is 0 Å². The average Bonchev–Trinajstić information content (AvgIpc) is 2.73. The van der Waals surface area contributed by atoms with Gasteiger partial charge in [0.2, 0.25) is 10.0 Å². The molecule has 0 unspecified atom stereocenters. The third-order valence-corrected chi connectivity index (χ3v) is 5.54. The van der Waals surface area contributed by atoms with Crippen molar-refractivity contribution in [2.45, 2.75) is 33.1 Å². The number of anilines is 1. The van der Waals surface area contributed by atoms with E-state index in [1.165, 1.54) is 6.07 Å². The van der Waals surface area contributed by atoms with Gasteiger partial charge in [0.15, 0.2) is 5.82 Å². The van der Waals surface area contributed by atoms with Gasteiger partial charge in [-0.05, 0) is 37.0 Å². The molecule has 0 saturated carbocycles. The van der Waals surface area contributed by atoms with Gasteiger partial charge in [-0.25, -0.2) is 17.6 Å². The Bertz CT molecular complexity index is 685. The van der Waals surface area contributed by atoms with Crippen LogP contribution in [0, 0.1) is 12.7 Å². The summed E-state index contributed by atoms with van der Waals surface area (Å²) in [5, 5.41) is 9.14. The second kappa shape index (κ2) is 5.63. The maximum absolute atomic E-state index is 14.5. The molecule has 2 rings (SSSR count). The third-order valence-electron chi connectivity index (χ3n) is 3.70. The molecular formula is C14H18FNO4S. The van der Waals surface area contributed by atoms with E-state index in [1.54, 1.807) is 6.92 Å². The minimum Gasteiger partial charge on any atom is -0.478 e. The van der Waals surface area contributed by atoms with E-state index < -0.39 is 27.4 Å². The second-order valence-corrected chi connectivity index (χ2v) is 7.18. The van der Waals surface area contributed by atoms with Crippen LogP contribution < -0.4 is 4.31 Å². The summed E-state index contributed by atoms with van der Waals surface area (Å²) in [4.78, 5) is 11.2. The Kier molecular flexibility index (Phi) is 4.22. The normalized spacial score (nSPS) is 17.2. The number of nitrogens with zero attached hydrogens (tertiary/aromatic N) is 1. The zero-order valence-corrected chi connectivity index (χ0v) is 12.8. The second-order valence-electron chi connectivity index (χ2n) is 5.17. The Hall–Kier alpha value is -1.63. The van der Waals surface area contributed by atoms with Crippen molar-refractivity contribution in [1.82, 2.24) is 0 Å². The number of aryl methyl sites for hydroxylation is 1. The van der Waals surface area contributed by atoms with Gasteiger partial charge in [-0.15, -0.1) is 0 Å². The highest BCUT2D eigenvalue weighted by Gasteiger charge is 2.34. The summed E-state index contributed by atoms with van der Waals surface area (Å²) in [6.45, 7) is 3.76. The lowest BCUT2D eigenvalue weighted by Crippen LogP contribution is -2.28. The SMILES string of the molecule is CCCc1cc(C(=O)O)c(F)c(N2CCCS2(=O)=O)c1C. The van der Waals surface area contributed by atoms with Crippen molar-refractivity contribution in [3.05, 3.63) is 28.6 Å². The molecule has 1 N–H and O–H groups in total. The Morgan fingerprint density at radius 2 is 2.14 bits per heavy atom. The lowest BCUT2D eigenvalue weighted by Gasteiger charge is -2.23. The lowest BCUT2D eigenvalue weighted by molar-refractivity contribution is 0.0692. The van der Waals surface area contributed by atoms with Gasteiger partial charge in [-0.3, -0.25) is 4.31 Å². The summed E-state index contributed by atoms with van der Waals surface area (Å²) in [5.74, 6) is -2.39. The molecular weight excluding hydrogens is 297 g/mol. The molecule has 0 bridgehead atoms. The van der Waals surface area contributed by atoms with E-state index >= 15 is 0 Å². The molecule has 1 heterocycles. The van der Waals surface area contributed by atoms with Crippen molar-refractivity contribution in [3.63, 3.8) is 0 Å². The molecule has 21 heavy (non-hydrogen) atoms. The van der Waals surface area contributed by atoms with Crippen molar-refractivity contribution in [3.8, 4) is 0 Å². The van der Waals surface area contributed by atoms with E-state index in [9.17, 15) is 17.6 Å². The number of aromatic carboxylic acids is 1. The van der Waals surface area contributed by atoms with E-state index in [0.717, 1.165) is 10.7 Å². The Morgan fingerprint density at radius 1 is 1.48 bits per heavy atom. The Morgan fingerprint density at radius 3 is 2.62 bits per heavy atom. The number of benzene rings is 1. The third kappa shape index (κ3) is 2.74. The molecule has 0 aromatic heterocycles. The number of sulfonamides is 1. The molecule has 0 amide bonds. The molecule has 7 heteroatoms. The fourth-order valence-corrected chi connectivity index (χ4v) is 4.28. The first kappa shape index (κ1) is 15.8. The van der Waals surface area contributed by atoms with Crippen LogP contribution in [0.1, 0.15) is 41.3 Å². The van der Waals surface area contributed by atoms with Crippen LogP contribution in [-0.4, -0.2) is 31.8 Å². The summed E-state index contributed by atoms with van der Waals surface area (Å²) in [5.41, 5.74) is 0.607. The zero-order chi connectivity index (χ0) is 15.8. The van der Waals surface area contributed by atoms with Gasteiger partial charge in [-0.2, -0.15) is 0 Å². The number of carbonyl (C=O) groups is 1. The van der Waals surface area contributed by atoms with Crippen LogP contribution in [0.2, 0.25) is 0 Å². The van der Waals surface area contributed by atoms with Crippen LogP contribution in [0.4, 0.5) is 10.1 Å². The maximum atomic E-state index is 14.5. The number of carboxylic acids is 1. The van der Waals surface area contributed by atoms with Gasteiger partial charge in [0.05, 0.1) is 17.0 Å². The van der Waals surface area contributed by atoms with E-state index in [1.807, 2.05) is 6.92 Å². The first-order valence-corrected chi connectivity index (χ1v) is 8.46.